The molecule has 1 aromatic heterocycles. The average molecular weight is 384 g/mol. The fourth-order valence-electron chi connectivity index (χ4n) is 2.72. The van der Waals surface area contributed by atoms with Crippen LogP contribution in [0.25, 0.3) is 22.4 Å². The molecule has 1 amide bonds. The van der Waals surface area contributed by atoms with Crippen molar-refractivity contribution >= 4 is 5.91 Å². The Balaban J connectivity index is 1.92. The van der Waals surface area contributed by atoms with Crippen LogP contribution in [-0.2, 0) is 4.79 Å². The third kappa shape index (κ3) is 3.84. The minimum atomic E-state index is -0.479. The zero-order valence-corrected chi connectivity index (χ0v) is 15.4. The van der Waals surface area contributed by atoms with Crippen LogP contribution in [-0.4, -0.2) is 42.0 Å². The average Bonchev–Trinajstić information content (AvgIpc) is 3.20. The van der Waals surface area contributed by atoms with Crippen LogP contribution in [0.4, 0.5) is 0 Å². The molecule has 146 valence electrons. The van der Waals surface area contributed by atoms with E-state index in [9.17, 15) is 9.90 Å². The quantitative estimate of drug-likeness (QED) is 0.278. The monoisotopic (exact) mass is 384 g/mol. The van der Waals surface area contributed by atoms with Gasteiger partial charge in [0.1, 0.15) is 11.5 Å². The first-order valence-electron chi connectivity index (χ1n) is 8.28. The Morgan fingerprint density at radius 1 is 1.14 bits per heavy atom. The molecule has 9 heteroatoms. The minimum Gasteiger partial charge on any atom is -0.507 e. The Kier molecular flexibility index (Phi) is 5.66. The second-order valence-electron chi connectivity index (χ2n) is 5.76. The predicted octanol–water partition coefficient (Wildman–Crippen LogP) is 1.84. The lowest BCUT2D eigenvalue weighted by atomic mass is 10.0. The maximum Gasteiger partial charge on any atom is 0.271 e. The summed E-state index contributed by atoms with van der Waals surface area (Å²) in [5.74, 6) is 6.02. The highest BCUT2D eigenvalue weighted by molar-refractivity contribution is 5.84. The van der Waals surface area contributed by atoms with Gasteiger partial charge in [0.2, 0.25) is 0 Å². The van der Waals surface area contributed by atoms with Crippen molar-refractivity contribution in [2.24, 2.45) is 5.84 Å². The van der Waals surface area contributed by atoms with Crippen molar-refractivity contribution in [1.82, 2.24) is 15.6 Å². The summed E-state index contributed by atoms with van der Waals surface area (Å²) in [6, 6.07) is 10.2. The molecule has 0 aliphatic carbocycles. The highest BCUT2D eigenvalue weighted by Gasteiger charge is 2.16. The molecule has 2 aromatic carbocycles. The number of H-pyrrole nitrogens is 1. The Morgan fingerprint density at radius 2 is 1.93 bits per heavy atom. The van der Waals surface area contributed by atoms with E-state index in [1.807, 2.05) is 17.6 Å². The van der Waals surface area contributed by atoms with Crippen LogP contribution in [0.15, 0.2) is 42.6 Å². The van der Waals surface area contributed by atoms with Gasteiger partial charge in [-0.15, -0.1) is 0 Å². The Hall–Kier alpha value is -3.72. The molecule has 0 radical (unpaired) electrons. The molecule has 28 heavy (non-hydrogen) atoms. The lowest BCUT2D eigenvalue weighted by molar-refractivity contribution is -0.123. The summed E-state index contributed by atoms with van der Waals surface area (Å²) in [5.41, 5.74) is 4.72. The normalized spacial score (nSPS) is 10.4. The van der Waals surface area contributed by atoms with Crippen molar-refractivity contribution < 1.29 is 24.1 Å². The van der Waals surface area contributed by atoms with Crippen LogP contribution in [0.3, 0.4) is 0 Å². The summed E-state index contributed by atoms with van der Waals surface area (Å²) in [5, 5.41) is 17.4. The maximum atomic E-state index is 11.2. The lowest BCUT2D eigenvalue weighted by Gasteiger charge is -2.11. The Labute approximate surface area is 161 Å². The summed E-state index contributed by atoms with van der Waals surface area (Å²) in [4.78, 5) is 11.2. The van der Waals surface area contributed by atoms with E-state index in [0.29, 0.717) is 28.5 Å². The number of hydrogen-bond acceptors (Lipinski definition) is 7. The van der Waals surface area contributed by atoms with Gasteiger partial charge in [-0.05, 0) is 29.8 Å². The fourth-order valence-corrected chi connectivity index (χ4v) is 2.72. The number of aromatic amines is 1. The van der Waals surface area contributed by atoms with Crippen molar-refractivity contribution in [2.75, 3.05) is 20.8 Å². The van der Waals surface area contributed by atoms with Crippen LogP contribution in [0, 0.1) is 0 Å². The van der Waals surface area contributed by atoms with Gasteiger partial charge in [0.15, 0.2) is 18.1 Å². The molecule has 0 fully saturated rings. The topological polar surface area (TPSA) is 132 Å². The highest BCUT2D eigenvalue weighted by atomic mass is 16.5. The molecule has 0 saturated heterocycles. The molecule has 1 heterocycles. The van der Waals surface area contributed by atoms with E-state index in [1.165, 1.54) is 6.07 Å². The van der Waals surface area contributed by atoms with Gasteiger partial charge in [0.25, 0.3) is 5.91 Å². The van der Waals surface area contributed by atoms with Gasteiger partial charge >= 0.3 is 0 Å². The van der Waals surface area contributed by atoms with Crippen LogP contribution in [0.5, 0.6) is 23.0 Å². The summed E-state index contributed by atoms with van der Waals surface area (Å²) in [6.07, 6.45) is 1.66. The number of nitrogens with one attached hydrogen (secondary N) is 2. The fraction of sp³-hybridized carbons (Fsp3) is 0.158. The van der Waals surface area contributed by atoms with E-state index >= 15 is 0 Å². The molecule has 9 nitrogen and oxygen atoms in total. The number of ether oxygens (including phenoxy) is 3. The number of rotatable bonds is 7. The Bertz CT molecular complexity index is 986. The maximum absolute atomic E-state index is 11.2. The number of carbonyl (C=O) groups excluding carboxylic acids is 1. The van der Waals surface area contributed by atoms with Gasteiger partial charge < -0.3 is 19.3 Å². The number of hydrazine groups is 1. The number of hydrogen-bond donors (Lipinski definition) is 4. The largest absolute Gasteiger partial charge is 0.507 e. The highest BCUT2D eigenvalue weighted by Crippen LogP contribution is 2.39. The zero-order chi connectivity index (χ0) is 20.1. The molecule has 0 bridgehead atoms. The number of benzene rings is 2. The van der Waals surface area contributed by atoms with Crippen molar-refractivity contribution in [2.45, 2.75) is 0 Å². The molecule has 3 rings (SSSR count). The molecular formula is C19H20N4O5. The lowest BCUT2D eigenvalue weighted by Crippen LogP contribution is -2.34. The number of amides is 1. The van der Waals surface area contributed by atoms with Gasteiger partial charge in [-0.3, -0.25) is 15.3 Å². The number of phenolic OH excluding ortho intramolecular Hbond substituents is 1. The molecular weight excluding hydrogens is 364 g/mol. The molecule has 0 atom stereocenters. The third-order valence-electron chi connectivity index (χ3n) is 4.10. The zero-order valence-electron chi connectivity index (χ0n) is 15.4. The number of aromatic nitrogens is 2. The smallest absolute Gasteiger partial charge is 0.271 e. The molecule has 5 N–H and O–H groups in total. The number of methoxy groups -OCH3 is 2. The van der Waals surface area contributed by atoms with E-state index in [1.54, 1.807) is 38.6 Å². The van der Waals surface area contributed by atoms with Crippen molar-refractivity contribution in [3.8, 4) is 45.4 Å². The van der Waals surface area contributed by atoms with Gasteiger partial charge in [-0.2, -0.15) is 5.10 Å². The first-order valence-corrected chi connectivity index (χ1v) is 8.28. The first kappa shape index (κ1) is 19.1. The number of nitrogens with two attached hydrogens (primary N) is 1. The number of carbonyl (C=O) groups is 1. The minimum absolute atomic E-state index is 0.0309. The van der Waals surface area contributed by atoms with Crippen molar-refractivity contribution in [3.05, 3.63) is 42.6 Å². The summed E-state index contributed by atoms with van der Waals surface area (Å²) in [7, 11) is 3.13. The van der Waals surface area contributed by atoms with Gasteiger partial charge in [0, 0.05) is 17.2 Å². The summed E-state index contributed by atoms with van der Waals surface area (Å²) >= 11 is 0. The second-order valence-corrected chi connectivity index (χ2v) is 5.76. The van der Waals surface area contributed by atoms with E-state index in [-0.39, 0.29) is 12.4 Å². The molecule has 3 aromatic rings. The first-order chi connectivity index (χ1) is 13.6. The number of aromatic hydroxyl groups is 1. The molecule has 0 spiro atoms. The Morgan fingerprint density at radius 3 is 2.61 bits per heavy atom. The summed E-state index contributed by atoms with van der Waals surface area (Å²) < 4.78 is 15.9. The predicted molar refractivity (Wildman–Crippen MR) is 102 cm³/mol. The summed E-state index contributed by atoms with van der Waals surface area (Å²) in [6.45, 7) is -0.254. The van der Waals surface area contributed by atoms with Crippen LogP contribution < -0.4 is 25.5 Å². The van der Waals surface area contributed by atoms with E-state index in [0.717, 1.165) is 11.1 Å². The second kappa shape index (κ2) is 8.31. The van der Waals surface area contributed by atoms with Crippen molar-refractivity contribution in [1.29, 1.82) is 0 Å². The van der Waals surface area contributed by atoms with Crippen molar-refractivity contribution in [3.63, 3.8) is 0 Å². The van der Waals surface area contributed by atoms with E-state index < -0.39 is 5.91 Å². The molecule has 0 aliphatic rings. The molecule has 0 aliphatic heterocycles. The molecule has 0 saturated carbocycles. The van der Waals surface area contributed by atoms with Gasteiger partial charge in [0.05, 0.1) is 26.1 Å². The van der Waals surface area contributed by atoms with E-state index in [4.69, 9.17) is 20.1 Å². The van der Waals surface area contributed by atoms with Gasteiger partial charge in [-0.1, -0.05) is 6.07 Å². The third-order valence-corrected chi connectivity index (χ3v) is 4.10. The van der Waals surface area contributed by atoms with Gasteiger partial charge in [-0.25, -0.2) is 5.84 Å². The van der Waals surface area contributed by atoms with Crippen LogP contribution >= 0.6 is 0 Å². The van der Waals surface area contributed by atoms with E-state index in [2.05, 4.69) is 10.2 Å². The van der Waals surface area contributed by atoms with Crippen LogP contribution in [0.2, 0.25) is 0 Å². The number of phenols is 1. The standard InChI is InChI=1S/C19H20N4O5/c1-26-16-6-3-11(7-17(16)27-2)14-9-21-23-19(14)13-5-4-12(8-15(13)24)28-10-18(25)22-20/h3-9,24H,10,20H2,1-2H3,(H,21,23)(H,22,25). The molecule has 0 unspecified atom stereocenters. The van der Waals surface area contributed by atoms with Crippen LogP contribution in [0.1, 0.15) is 0 Å². The number of nitrogens with zero attached hydrogens (tertiary/aromatic N) is 1. The SMILES string of the molecule is COc1ccc(-c2cn[nH]c2-c2ccc(OCC(=O)NN)cc2O)cc1OC.